The zero-order valence-corrected chi connectivity index (χ0v) is 16.1. The normalized spacial score (nSPS) is 32.4. The van der Waals surface area contributed by atoms with Gasteiger partial charge in [0.2, 0.25) is 5.91 Å². The van der Waals surface area contributed by atoms with E-state index in [4.69, 9.17) is 0 Å². The molecule has 1 N–H and O–H groups in total. The maximum absolute atomic E-state index is 13.2. The van der Waals surface area contributed by atoms with E-state index < -0.39 is 0 Å². The number of carbonyl (C=O) groups is 1. The van der Waals surface area contributed by atoms with Crippen molar-refractivity contribution in [2.24, 2.45) is 30.2 Å². The molecule has 0 saturated heterocycles. The Bertz CT molecular complexity index is 790. The molecule has 4 heteroatoms. The molecule has 0 aliphatic heterocycles. The van der Waals surface area contributed by atoms with E-state index in [1.807, 2.05) is 36.0 Å². The number of nitrogens with zero attached hydrogens (tertiary/aromatic N) is 2. The van der Waals surface area contributed by atoms with Gasteiger partial charge in [0.15, 0.2) is 0 Å². The molecular weight excluding hydrogens is 334 g/mol. The fourth-order valence-corrected chi connectivity index (χ4v) is 6.66. The number of aryl methyl sites for hydroxylation is 1. The van der Waals surface area contributed by atoms with E-state index in [1.165, 1.54) is 38.5 Å². The van der Waals surface area contributed by atoms with E-state index in [9.17, 15) is 4.79 Å². The lowest BCUT2D eigenvalue weighted by Gasteiger charge is -2.56. The minimum absolute atomic E-state index is 0.187. The first kappa shape index (κ1) is 17.0. The van der Waals surface area contributed by atoms with Gasteiger partial charge in [-0.25, -0.2) is 4.98 Å². The molecule has 4 saturated carbocycles. The van der Waals surface area contributed by atoms with Crippen LogP contribution in [0.15, 0.2) is 42.7 Å². The van der Waals surface area contributed by atoms with Gasteiger partial charge in [-0.15, -0.1) is 0 Å². The van der Waals surface area contributed by atoms with Gasteiger partial charge in [0.25, 0.3) is 0 Å². The van der Waals surface area contributed by atoms with E-state index in [0.29, 0.717) is 6.42 Å². The molecule has 1 amide bonds. The van der Waals surface area contributed by atoms with E-state index in [2.05, 4.69) is 22.4 Å². The molecule has 4 aliphatic carbocycles. The molecule has 1 aromatic heterocycles. The molecule has 0 radical (unpaired) electrons. The van der Waals surface area contributed by atoms with E-state index >= 15 is 0 Å². The van der Waals surface area contributed by atoms with Crippen molar-refractivity contribution >= 4 is 5.91 Å². The number of hydrogen-bond acceptors (Lipinski definition) is 2. The topological polar surface area (TPSA) is 46.9 Å². The van der Waals surface area contributed by atoms with E-state index in [1.54, 1.807) is 6.20 Å². The average molecular weight is 364 g/mol. The third-order valence-electron chi connectivity index (χ3n) is 7.26. The van der Waals surface area contributed by atoms with Crippen molar-refractivity contribution < 1.29 is 4.79 Å². The van der Waals surface area contributed by atoms with Crippen molar-refractivity contribution in [3.05, 3.63) is 54.1 Å². The molecular formula is C23H29N3O. The average Bonchev–Trinajstić information content (AvgIpc) is 3.04. The van der Waals surface area contributed by atoms with Gasteiger partial charge in [-0.3, -0.25) is 4.79 Å². The summed E-state index contributed by atoms with van der Waals surface area (Å²) in [5.74, 6) is 3.71. The number of nitrogens with one attached hydrogen (secondary N) is 1. The Kier molecular flexibility index (Phi) is 4.10. The molecule has 1 atom stereocenters. The van der Waals surface area contributed by atoms with Crippen LogP contribution in [0, 0.1) is 23.2 Å². The third kappa shape index (κ3) is 3.19. The summed E-state index contributed by atoms with van der Waals surface area (Å²) >= 11 is 0. The maximum Gasteiger partial charge on any atom is 0.221 e. The number of amides is 1. The van der Waals surface area contributed by atoms with Crippen LogP contribution in [0.25, 0.3) is 0 Å². The predicted molar refractivity (Wildman–Crippen MR) is 105 cm³/mol. The summed E-state index contributed by atoms with van der Waals surface area (Å²) in [5, 5.41) is 3.33. The Morgan fingerprint density at radius 3 is 2.33 bits per heavy atom. The number of rotatable bonds is 5. The Morgan fingerprint density at radius 1 is 1.15 bits per heavy atom. The second kappa shape index (κ2) is 6.50. The second-order valence-corrected chi connectivity index (χ2v) is 9.40. The Balaban J connectivity index is 1.36. The lowest BCUT2D eigenvalue weighted by atomic mass is 9.49. The van der Waals surface area contributed by atoms with Gasteiger partial charge in [0.05, 0.1) is 0 Å². The fraction of sp³-hybridized carbons (Fsp3) is 0.565. The van der Waals surface area contributed by atoms with Gasteiger partial charge in [-0.2, -0.15) is 0 Å². The van der Waals surface area contributed by atoms with Crippen molar-refractivity contribution in [1.82, 2.24) is 14.9 Å². The summed E-state index contributed by atoms with van der Waals surface area (Å²) in [7, 11) is 1.99. The van der Waals surface area contributed by atoms with Crippen LogP contribution in [0.1, 0.15) is 62.4 Å². The zero-order valence-electron chi connectivity index (χ0n) is 16.1. The Hall–Kier alpha value is -2.10. The van der Waals surface area contributed by atoms with Crippen LogP contribution in [0.2, 0.25) is 0 Å². The smallest absolute Gasteiger partial charge is 0.221 e. The molecule has 4 nitrogen and oxygen atoms in total. The first-order valence-electron chi connectivity index (χ1n) is 10.4. The zero-order chi connectivity index (χ0) is 18.4. The van der Waals surface area contributed by atoms with E-state index in [-0.39, 0.29) is 17.4 Å². The van der Waals surface area contributed by atoms with Gasteiger partial charge in [-0.1, -0.05) is 30.3 Å². The highest BCUT2D eigenvalue weighted by Gasteiger charge is 2.51. The van der Waals surface area contributed by atoms with Crippen LogP contribution in [0.4, 0.5) is 0 Å². The molecule has 1 heterocycles. The quantitative estimate of drug-likeness (QED) is 0.864. The molecule has 27 heavy (non-hydrogen) atoms. The maximum atomic E-state index is 13.2. The highest BCUT2D eigenvalue weighted by molar-refractivity contribution is 5.77. The lowest BCUT2D eigenvalue weighted by molar-refractivity contribution is -0.130. The predicted octanol–water partition coefficient (Wildman–Crippen LogP) is 4.23. The van der Waals surface area contributed by atoms with Crippen molar-refractivity contribution in [2.45, 2.75) is 51.0 Å². The van der Waals surface area contributed by atoms with Gasteiger partial charge in [-0.05, 0) is 67.3 Å². The molecule has 4 bridgehead atoms. The minimum Gasteiger partial charge on any atom is -0.342 e. The molecule has 0 spiro atoms. The van der Waals surface area contributed by atoms with Crippen molar-refractivity contribution in [3.8, 4) is 0 Å². The Labute approximate surface area is 161 Å². The molecule has 4 fully saturated rings. The second-order valence-electron chi connectivity index (χ2n) is 9.40. The SMILES string of the molecule is Cn1ccnc1[C@@H](NC(=O)CC12CC3CC(CC(C3)C1)C2)c1ccccc1. The number of aromatic nitrogens is 2. The summed E-state index contributed by atoms with van der Waals surface area (Å²) in [6.45, 7) is 0. The van der Waals surface area contributed by atoms with Crippen LogP contribution < -0.4 is 5.32 Å². The minimum atomic E-state index is -0.187. The number of hydrogen-bond donors (Lipinski definition) is 1. The largest absolute Gasteiger partial charge is 0.342 e. The van der Waals surface area contributed by atoms with Crippen molar-refractivity contribution in [3.63, 3.8) is 0 Å². The number of benzene rings is 1. The molecule has 6 rings (SSSR count). The Morgan fingerprint density at radius 2 is 1.78 bits per heavy atom. The molecule has 142 valence electrons. The lowest BCUT2D eigenvalue weighted by Crippen LogP contribution is -2.48. The number of imidazole rings is 1. The standard InChI is InChI=1S/C23H29N3O/c1-26-8-7-24-22(26)21(19-5-3-2-4-6-19)25-20(27)15-23-12-16-9-17(13-23)11-18(10-16)14-23/h2-8,16-18,21H,9-15H2,1H3,(H,25,27)/t16?,17?,18?,21-,23?/m0/s1. The monoisotopic (exact) mass is 363 g/mol. The van der Waals surface area contributed by atoms with Crippen molar-refractivity contribution in [2.75, 3.05) is 0 Å². The molecule has 2 aromatic rings. The first-order chi connectivity index (χ1) is 13.1. The summed E-state index contributed by atoms with van der Waals surface area (Å²) in [6.07, 6.45) is 12.5. The summed E-state index contributed by atoms with van der Waals surface area (Å²) in [5.41, 5.74) is 1.35. The van der Waals surface area contributed by atoms with Crippen LogP contribution in [-0.2, 0) is 11.8 Å². The molecule has 1 aromatic carbocycles. The van der Waals surface area contributed by atoms with Gasteiger partial charge < -0.3 is 9.88 Å². The van der Waals surface area contributed by atoms with Crippen LogP contribution >= 0.6 is 0 Å². The summed E-state index contributed by atoms with van der Waals surface area (Å²) in [4.78, 5) is 17.7. The van der Waals surface area contributed by atoms with Gasteiger partial charge in [0, 0.05) is 25.9 Å². The summed E-state index contributed by atoms with van der Waals surface area (Å²) < 4.78 is 2.00. The van der Waals surface area contributed by atoms with Crippen LogP contribution in [0.5, 0.6) is 0 Å². The summed E-state index contributed by atoms with van der Waals surface area (Å²) in [6, 6.07) is 10.0. The van der Waals surface area contributed by atoms with Crippen LogP contribution in [0.3, 0.4) is 0 Å². The van der Waals surface area contributed by atoms with Gasteiger partial charge in [0.1, 0.15) is 11.9 Å². The van der Waals surface area contributed by atoms with E-state index in [0.717, 1.165) is 29.1 Å². The van der Waals surface area contributed by atoms with Crippen molar-refractivity contribution in [1.29, 1.82) is 0 Å². The molecule has 4 aliphatic rings. The highest BCUT2D eigenvalue weighted by Crippen LogP contribution is 2.61. The highest BCUT2D eigenvalue weighted by atomic mass is 16.1. The first-order valence-corrected chi connectivity index (χ1v) is 10.4. The van der Waals surface area contributed by atoms with Crippen LogP contribution in [-0.4, -0.2) is 15.5 Å². The fourth-order valence-electron chi connectivity index (χ4n) is 6.66. The third-order valence-corrected chi connectivity index (χ3v) is 7.26. The molecule has 0 unspecified atom stereocenters. The number of carbonyl (C=O) groups excluding carboxylic acids is 1. The van der Waals surface area contributed by atoms with Gasteiger partial charge >= 0.3 is 0 Å².